The van der Waals surface area contributed by atoms with E-state index in [1.807, 2.05) is 0 Å². The summed E-state index contributed by atoms with van der Waals surface area (Å²) in [6, 6.07) is 3.57. The Morgan fingerprint density at radius 2 is 2.33 bits per heavy atom. The molecular formula is C11H8ClFN2O2S. The molecule has 0 saturated heterocycles. The second-order valence-corrected chi connectivity index (χ2v) is 5.13. The number of anilines is 1. The van der Waals surface area contributed by atoms with E-state index in [1.54, 1.807) is 6.20 Å². The molecule has 0 radical (unpaired) electrons. The molecule has 0 fully saturated rings. The quantitative estimate of drug-likeness (QED) is 0.906. The number of hydrogen-bond donors (Lipinski definition) is 2. The fourth-order valence-electron chi connectivity index (χ4n) is 1.40. The van der Waals surface area contributed by atoms with E-state index in [1.165, 1.54) is 23.5 Å². The van der Waals surface area contributed by atoms with E-state index < -0.39 is 11.8 Å². The van der Waals surface area contributed by atoms with Gasteiger partial charge >= 0.3 is 5.97 Å². The van der Waals surface area contributed by atoms with Gasteiger partial charge in [-0.1, -0.05) is 11.6 Å². The third kappa shape index (κ3) is 2.96. The molecule has 7 heteroatoms. The number of benzene rings is 1. The van der Waals surface area contributed by atoms with E-state index in [4.69, 9.17) is 16.7 Å². The van der Waals surface area contributed by atoms with Crippen molar-refractivity contribution in [1.82, 2.24) is 4.98 Å². The Morgan fingerprint density at radius 3 is 2.94 bits per heavy atom. The van der Waals surface area contributed by atoms with E-state index in [0.717, 1.165) is 10.9 Å². The number of hydrogen-bond acceptors (Lipinski definition) is 4. The van der Waals surface area contributed by atoms with Crippen LogP contribution in [0.2, 0.25) is 4.47 Å². The second kappa shape index (κ2) is 5.32. The molecule has 2 aromatic rings. The Bertz CT molecular complexity index is 588. The highest BCUT2D eigenvalue weighted by atomic mass is 35.5. The van der Waals surface area contributed by atoms with Crippen molar-refractivity contribution in [3.63, 3.8) is 0 Å². The Labute approximate surface area is 111 Å². The molecule has 0 atom stereocenters. The van der Waals surface area contributed by atoms with Crippen molar-refractivity contribution in [2.75, 3.05) is 5.32 Å². The maximum absolute atomic E-state index is 13.0. The predicted octanol–water partition coefficient (Wildman–Crippen LogP) is 3.25. The first-order chi connectivity index (χ1) is 8.56. The fourth-order valence-corrected chi connectivity index (χ4v) is 2.31. The van der Waals surface area contributed by atoms with Crippen LogP contribution < -0.4 is 5.32 Å². The summed E-state index contributed by atoms with van der Waals surface area (Å²) in [5, 5.41) is 11.9. The maximum atomic E-state index is 13.0. The number of carboxylic acids is 1. The van der Waals surface area contributed by atoms with Gasteiger partial charge in [0.25, 0.3) is 0 Å². The SMILES string of the molecule is O=C(O)c1cc(F)ccc1NCc1cnc(Cl)s1. The number of nitrogens with zero attached hydrogens (tertiary/aromatic N) is 1. The number of carbonyl (C=O) groups is 1. The first-order valence-corrected chi connectivity index (χ1v) is 6.12. The Balaban J connectivity index is 2.16. The smallest absolute Gasteiger partial charge is 0.337 e. The molecule has 0 bridgehead atoms. The number of thiazole rings is 1. The van der Waals surface area contributed by atoms with Gasteiger partial charge in [-0.05, 0) is 18.2 Å². The van der Waals surface area contributed by atoms with Crippen LogP contribution in [0.25, 0.3) is 0 Å². The van der Waals surface area contributed by atoms with Crippen LogP contribution in [0.4, 0.5) is 10.1 Å². The summed E-state index contributed by atoms with van der Waals surface area (Å²) in [6.07, 6.45) is 1.60. The molecule has 0 aliphatic carbocycles. The van der Waals surface area contributed by atoms with Gasteiger partial charge in [0, 0.05) is 16.8 Å². The minimum Gasteiger partial charge on any atom is -0.478 e. The molecule has 1 aromatic heterocycles. The molecule has 18 heavy (non-hydrogen) atoms. The monoisotopic (exact) mass is 286 g/mol. The van der Waals surface area contributed by atoms with Gasteiger partial charge < -0.3 is 10.4 Å². The van der Waals surface area contributed by atoms with Gasteiger partial charge in [-0.15, -0.1) is 11.3 Å². The average molecular weight is 287 g/mol. The van der Waals surface area contributed by atoms with Gasteiger partial charge in [0.05, 0.1) is 12.1 Å². The summed E-state index contributed by atoms with van der Waals surface area (Å²) in [6.45, 7) is 0.385. The number of nitrogens with one attached hydrogen (secondary N) is 1. The van der Waals surface area contributed by atoms with Crippen LogP contribution in [-0.4, -0.2) is 16.1 Å². The van der Waals surface area contributed by atoms with Crippen LogP contribution in [-0.2, 0) is 6.54 Å². The molecule has 4 nitrogen and oxygen atoms in total. The normalized spacial score (nSPS) is 10.3. The average Bonchev–Trinajstić information content (AvgIpc) is 2.73. The standard InChI is InChI=1S/C11H8ClFN2O2S/c12-11-15-5-7(18-11)4-14-9-2-1-6(13)3-8(9)10(16)17/h1-3,5,14H,4H2,(H,16,17). The molecule has 0 aliphatic rings. The van der Waals surface area contributed by atoms with Gasteiger partial charge in [0.2, 0.25) is 0 Å². The van der Waals surface area contributed by atoms with Gasteiger partial charge in [-0.25, -0.2) is 14.2 Å². The zero-order valence-electron chi connectivity index (χ0n) is 8.98. The minimum absolute atomic E-state index is 0.106. The fraction of sp³-hybridized carbons (Fsp3) is 0.0909. The highest BCUT2D eigenvalue weighted by Crippen LogP contribution is 2.21. The first-order valence-electron chi connectivity index (χ1n) is 4.93. The summed E-state index contributed by atoms with van der Waals surface area (Å²) < 4.78 is 13.4. The second-order valence-electron chi connectivity index (χ2n) is 3.43. The minimum atomic E-state index is -1.18. The number of carboxylic acid groups (broad SMARTS) is 1. The summed E-state index contributed by atoms with van der Waals surface area (Å²) in [5.74, 6) is -1.77. The molecule has 0 unspecified atom stereocenters. The lowest BCUT2D eigenvalue weighted by atomic mass is 10.1. The zero-order valence-corrected chi connectivity index (χ0v) is 10.6. The third-order valence-corrected chi connectivity index (χ3v) is 3.31. The van der Waals surface area contributed by atoms with Gasteiger partial charge in [0.1, 0.15) is 5.82 Å². The summed E-state index contributed by atoms with van der Waals surface area (Å²) >= 11 is 6.98. The zero-order chi connectivity index (χ0) is 13.1. The number of aromatic carboxylic acids is 1. The van der Waals surface area contributed by atoms with Crippen molar-refractivity contribution in [3.05, 3.63) is 45.1 Å². The van der Waals surface area contributed by atoms with E-state index in [-0.39, 0.29) is 5.56 Å². The number of halogens is 2. The Kier molecular flexibility index (Phi) is 3.78. The summed E-state index contributed by atoms with van der Waals surface area (Å²) in [4.78, 5) is 15.7. The largest absolute Gasteiger partial charge is 0.478 e. The lowest BCUT2D eigenvalue weighted by Gasteiger charge is -2.08. The van der Waals surface area contributed by atoms with Crippen molar-refractivity contribution in [2.45, 2.75) is 6.54 Å². The van der Waals surface area contributed by atoms with Crippen molar-refractivity contribution < 1.29 is 14.3 Å². The predicted molar refractivity (Wildman–Crippen MR) is 67.8 cm³/mol. The summed E-state index contributed by atoms with van der Waals surface area (Å²) in [5.41, 5.74) is 0.249. The molecule has 2 rings (SSSR count). The van der Waals surface area contributed by atoms with Crippen LogP contribution in [0, 0.1) is 5.82 Å². The molecule has 1 heterocycles. The van der Waals surface area contributed by atoms with Crippen molar-refractivity contribution in [3.8, 4) is 0 Å². The number of aromatic nitrogens is 1. The number of rotatable bonds is 4. The molecule has 94 valence electrons. The molecule has 0 aliphatic heterocycles. The third-order valence-electron chi connectivity index (χ3n) is 2.19. The first kappa shape index (κ1) is 12.8. The van der Waals surface area contributed by atoms with Crippen molar-refractivity contribution >= 4 is 34.6 Å². The van der Waals surface area contributed by atoms with E-state index in [9.17, 15) is 9.18 Å². The van der Waals surface area contributed by atoms with Gasteiger partial charge in [-0.3, -0.25) is 0 Å². The molecule has 1 aromatic carbocycles. The van der Waals surface area contributed by atoms with Crippen LogP contribution in [0.15, 0.2) is 24.4 Å². The van der Waals surface area contributed by atoms with Crippen molar-refractivity contribution in [2.24, 2.45) is 0 Å². The topological polar surface area (TPSA) is 62.2 Å². The molecule has 2 N–H and O–H groups in total. The van der Waals surface area contributed by atoms with E-state index in [2.05, 4.69) is 10.3 Å². The Morgan fingerprint density at radius 1 is 1.56 bits per heavy atom. The van der Waals surface area contributed by atoms with E-state index >= 15 is 0 Å². The maximum Gasteiger partial charge on any atom is 0.337 e. The molecule has 0 spiro atoms. The Hall–Kier alpha value is -1.66. The van der Waals surface area contributed by atoms with Crippen LogP contribution in [0.1, 0.15) is 15.2 Å². The van der Waals surface area contributed by atoms with Gasteiger partial charge in [-0.2, -0.15) is 0 Å². The molecule has 0 amide bonds. The van der Waals surface area contributed by atoms with Crippen LogP contribution in [0.5, 0.6) is 0 Å². The lowest BCUT2D eigenvalue weighted by Crippen LogP contribution is -2.06. The van der Waals surface area contributed by atoms with Gasteiger partial charge in [0.15, 0.2) is 4.47 Å². The summed E-state index contributed by atoms with van der Waals surface area (Å²) in [7, 11) is 0. The molecular weight excluding hydrogens is 279 g/mol. The van der Waals surface area contributed by atoms with E-state index in [0.29, 0.717) is 16.7 Å². The highest BCUT2D eigenvalue weighted by Gasteiger charge is 2.11. The lowest BCUT2D eigenvalue weighted by molar-refractivity contribution is 0.0697. The highest BCUT2D eigenvalue weighted by molar-refractivity contribution is 7.15. The van der Waals surface area contributed by atoms with Crippen LogP contribution >= 0.6 is 22.9 Å². The van der Waals surface area contributed by atoms with Crippen molar-refractivity contribution in [1.29, 1.82) is 0 Å². The molecule has 0 saturated carbocycles. The van der Waals surface area contributed by atoms with Crippen LogP contribution in [0.3, 0.4) is 0 Å².